The van der Waals surface area contributed by atoms with E-state index in [9.17, 15) is 4.79 Å². The number of fused-ring (bicyclic) bond motifs is 1. The van der Waals surface area contributed by atoms with E-state index in [4.69, 9.17) is 9.15 Å². The van der Waals surface area contributed by atoms with Crippen LogP contribution >= 0.6 is 0 Å². The lowest BCUT2D eigenvalue weighted by molar-refractivity contribution is -0.130. The van der Waals surface area contributed by atoms with Crippen molar-refractivity contribution >= 4 is 22.6 Å². The molecule has 1 saturated heterocycles. The maximum Gasteiger partial charge on any atom is 0.227 e. The molecule has 0 N–H and O–H groups in total. The number of anilines is 1. The lowest BCUT2D eigenvalue weighted by atomic mass is 10.0. The number of nitrogens with zero attached hydrogens (tertiary/aromatic N) is 2. The van der Waals surface area contributed by atoms with Gasteiger partial charge in [-0.25, -0.2) is 0 Å². The van der Waals surface area contributed by atoms with Crippen molar-refractivity contribution in [2.75, 3.05) is 38.2 Å². The van der Waals surface area contributed by atoms with Gasteiger partial charge in [0.2, 0.25) is 5.91 Å². The molecule has 1 fully saturated rings. The Bertz CT molecular complexity index is 1000. The van der Waals surface area contributed by atoms with Gasteiger partial charge in [0.05, 0.1) is 25.5 Å². The highest BCUT2D eigenvalue weighted by molar-refractivity contribution is 5.90. The molecule has 2 aromatic carbocycles. The highest BCUT2D eigenvalue weighted by atomic mass is 16.5. The second-order valence-corrected chi connectivity index (χ2v) is 7.43. The van der Waals surface area contributed by atoms with Crippen LogP contribution in [0.4, 0.5) is 5.69 Å². The Morgan fingerprint density at radius 2 is 1.86 bits per heavy atom. The van der Waals surface area contributed by atoms with Crippen LogP contribution in [-0.2, 0) is 11.2 Å². The summed E-state index contributed by atoms with van der Waals surface area (Å²) in [7, 11) is 1.69. The molecule has 1 aromatic heterocycles. The third-order valence-electron chi connectivity index (χ3n) is 5.49. The zero-order chi connectivity index (χ0) is 19.7. The van der Waals surface area contributed by atoms with Gasteiger partial charge in [-0.15, -0.1) is 0 Å². The molecule has 0 aliphatic carbocycles. The number of carbonyl (C=O) groups is 1. The summed E-state index contributed by atoms with van der Waals surface area (Å²) in [5.41, 5.74) is 5.26. The van der Waals surface area contributed by atoms with Crippen molar-refractivity contribution in [1.29, 1.82) is 0 Å². The quantitative estimate of drug-likeness (QED) is 0.690. The Morgan fingerprint density at radius 1 is 1.11 bits per heavy atom. The van der Waals surface area contributed by atoms with Crippen LogP contribution in [0.1, 0.15) is 16.7 Å². The van der Waals surface area contributed by atoms with E-state index in [1.54, 1.807) is 13.4 Å². The number of furan rings is 1. The normalized spacial score (nSPS) is 14.5. The van der Waals surface area contributed by atoms with E-state index in [0.717, 1.165) is 46.6 Å². The number of benzene rings is 2. The average molecular weight is 378 g/mol. The number of aryl methyl sites for hydroxylation is 2. The van der Waals surface area contributed by atoms with Gasteiger partial charge in [0.15, 0.2) is 0 Å². The number of methoxy groups -OCH3 is 1. The van der Waals surface area contributed by atoms with Crippen LogP contribution in [0.5, 0.6) is 5.75 Å². The first-order chi connectivity index (χ1) is 13.6. The predicted molar refractivity (Wildman–Crippen MR) is 111 cm³/mol. The maximum absolute atomic E-state index is 12.9. The van der Waals surface area contributed by atoms with E-state index in [0.29, 0.717) is 19.5 Å². The summed E-state index contributed by atoms with van der Waals surface area (Å²) >= 11 is 0. The first kappa shape index (κ1) is 18.4. The number of para-hydroxylation sites is 2. The third-order valence-corrected chi connectivity index (χ3v) is 5.49. The molecule has 5 heteroatoms. The molecule has 2 heterocycles. The van der Waals surface area contributed by atoms with Crippen LogP contribution in [0.2, 0.25) is 0 Å². The summed E-state index contributed by atoms with van der Waals surface area (Å²) in [5.74, 6) is 1.03. The zero-order valence-electron chi connectivity index (χ0n) is 16.7. The van der Waals surface area contributed by atoms with Crippen LogP contribution in [0, 0.1) is 13.8 Å². The topological polar surface area (TPSA) is 45.9 Å². The number of ether oxygens (including phenoxy) is 1. The first-order valence-corrected chi connectivity index (χ1v) is 9.70. The van der Waals surface area contributed by atoms with E-state index < -0.39 is 0 Å². The molecule has 5 nitrogen and oxygen atoms in total. The summed E-state index contributed by atoms with van der Waals surface area (Å²) in [5, 5.41) is 1.08. The van der Waals surface area contributed by atoms with E-state index >= 15 is 0 Å². The number of rotatable bonds is 4. The van der Waals surface area contributed by atoms with Crippen LogP contribution in [-0.4, -0.2) is 44.1 Å². The molecule has 1 aliphatic rings. The number of hydrogen-bond donors (Lipinski definition) is 0. The molecule has 0 radical (unpaired) electrons. The van der Waals surface area contributed by atoms with Crippen molar-refractivity contribution in [3.05, 3.63) is 59.4 Å². The fraction of sp³-hybridized carbons (Fsp3) is 0.348. The van der Waals surface area contributed by atoms with Gasteiger partial charge in [0.1, 0.15) is 11.3 Å². The largest absolute Gasteiger partial charge is 0.495 e. The maximum atomic E-state index is 12.9. The minimum atomic E-state index is 0.155. The summed E-state index contributed by atoms with van der Waals surface area (Å²) in [4.78, 5) is 17.1. The van der Waals surface area contributed by atoms with Crippen LogP contribution in [0.15, 0.2) is 47.1 Å². The van der Waals surface area contributed by atoms with Crippen molar-refractivity contribution in [3.63, 3.8) is 0 Å². The molecule has 3 aromatic rings. The fourth-order valence-electron chi connectivity index (χ4n) is 4.12. The molecule has 0 bridgehead atoms. The van der Waals surface area contributed by atoms with Gasteiger partial charge < -0.3 is 19.0 Å². The van der Waals surface area contributed by atoms with Gasteiger partial charge in [-0.05, 0) is 43.2 Å². The van der Waals surface area contributed by atoms with Gasteiger partial charge >= 0.3 is 0 Å². The van der Waals surface area contributed by atoms with Gasteiger partial charge in [0.25, 0.3) is 0 Å². The molecule has 28 heavy (non-hydrogen) atoms. The highest BCUT2D eigenvalue weighted by Gasteiger charge is 2.24. The van der Waals surface area contributed by atoms with Crippen molar-refractivity contribution < 1.29 is 13.9 Å². The van der Waals surface area contributed by atoms with Crippen molar-refractivity contribution in [2.45, 2.75) is 20.3 Å². The van der Waals surface area contributed by atoms with Gasteiger partial charge in [-0.3, -0.25) is 4.79 Å². The summed E-state index contributed by atoms with van der Waals surface area (Å²) in [6.07, 6.45) is 2.12. The molecule has 0 spiro atoms. The molecule has 4 rings (SSSR count). The Kier molecular flexibility index (Phi) is 4.99. The Labute approximate surface area is 165 Å². The van der Waals surface area contributed by atoms with E-state index in [2.05, 4.69) is 30.9 Å². The molecule has 0 atom stereocenters. The average Bonchev–Trinajstić information content (AvgIpc) is 3.10. The Hall–Kier alpha value is -2.95. The van der Waals surface area contributed by atoms with Crippen LogP contribution < -0.4 is 9.64 Å². The van der Waals surface area contributed by atoms with Gasteiger partial charge in [-0.1, -0.05) is 18.2 Å². The minimum absolute atomic E-state index is 0.155. The third kappa shape index (κ3) is 3.44. The second-order valence-electron chi connectivity index (χ2n) is 7.43. The lowest BCUT2D eigenvalue weighted by Gasteiger charge is -2.36. The Balaban J connectivity index is 1.44. The molecule has 1 aliphatic heterocycles. The van der Waals surface area contributed by atoms with Crippen LogP contribution in [0.25, 0.3) is 11.0 Å². The summed E-state index contributed by atoms with van der Waals surface area (Å²) in [6.45, 7) is 7.16. The minimum Gasteiger partial charge on any atom is -0.495 e. The van der Waals surface area contributed by atoms with Gasteiger partial charge in [-0.2, -0.15) is 0 Å². The number of hydrogen-bond acceptors (Lipinski definition) is 4. The fourth-order valence-corrected chi connectivity index (χ4v) is 4.12. The number of piperazine rings is 1. The summed E-state index contributed by atoms with van der Waals surface area (Å²) in [6, 6.07) is 12.2. The van der Waals surface area contributed by atoms with Crippen molar-refractivity contribution in [1.82, 2.24) is 4.90 Å². The van der Waals surface area contributed by atoms with Crippen molar-refractivity contribution in [2.24, 2.45) is 0 Å². The van der Waals surface area contributed by atoms with Crippen LogP contribution in [0.3, 0.4) is 0 Å². The number of carbonyl (C=O) groups excluding carboxylic acids is 1. The standard InChI is InChI=1S/C23H26N2O3/c1-16-12-17(2)23-18(15-28-21(23)13-16)14-22(26)25-10-8-24(9-11-25)19-6-4-5-7-20(19)27-3/h4-7,12-13,15H,8-11,14H2,1-3H3. The second kappa shape index (κ2) is 7.58. The number of amides is 1. The molecule has 146 valence electrons. The zero-order valence-corrected chi connectivity index (χ0v) is 16.7. The lowest BCUT2D eigenvalue weighted by Crippen LogP contribution is -2.49. The highest BCUT2D eigenvalue weighted by Crippen LogP contribution is 2.29. The van der Waals surface area contributed by atoms with E-state index in [-0.39, 0.29) is 5.91 Å². The monoisotopic (exact) mass is 378 g/mol. The SMILES string of the molecule is COc1ccccc1N1CCN(C(=O)Cc2coc3cc(C)cc(C)c23)CC1. The predicted octanol–water partition coefficient (Wildman–Crippen LogP) is 3.95. The summed E-state index contributed by atoms with van der Waals surface area (Å²) < 4.78 is 11.2. The smallest absolute Gasteiger partial charge is 0.227 e. The first-order valence-electron chi connectivity index (χ1n) is 9.70. The molecule has 1 amide bonds. The molecule has 0 unspecified atom stereocenters. The van der Waals surface area contributed by atoms with E-state index in [1.807, 2.05) is 29.2 Å². The van der Waals surface area contributed by atoms with Gasteiger partial charge in [0, 0.05) is 37.1 Å². The Morgan fingerprint density at radius 3 is 2.61 bits per heavy atom. The molecular formula is C23H26N2O3. The van der Waals surface area contributed by atoms with Crippen molar-refractivity contribution in [3.8, 4) is 5.75 Å². The molecular weight excluding hydrogens is 352 g/mol. The molecule has 0 saturated carbocycles. The van der Waals surface area contributed by atoms with E-state index in [1.165, 1.54) is 5.56 Å².